The molecule has 5 aromatic rings. The fourth-order valence-corrected chi connectivity index (χ4v) is 8.20. The van der Waals surface area contributed by atoms with Gasteiger partial charge in [-0.05, 0) is 73.7 Å². The molecule has 0 atom stereocenters. The average Bonchev–Trinajstić information content (AvgIpc) is 3.06. The number of fused-ring (bicyclic) bond motifs is 4. The van der Waals surface area contributed by atoms with Gasteiger partial charge < -0.3 is 5.32 Å². The molecule has 6 rings (SSSR count). The van der Waals surface area contributed by atoms with Gasteiger partial charge in [0.25, 0.3) is 0 Å². The zero-order valence-electron chi connectivity index (χ0n) is 18.4. The second-order valence-electron chi connectivity index (χ2n) is 9.20. The van der Waals surface area contributed by atoms with Gasteiger partial charge in [-0.1, -0.05) is 92.0 Å². The predicted molar refractivity (Wildman–Crippen MR) is 141 cm³/mol. The zero-order valence-corrected chi connectivity index (χ0v) is 19.4. The summed E-state index contributed by atoms with van der Waals surface area (Å²) in [5, 5.41) is 9.28. The summed E-state index contributed by atoms with van der Waals surface area (Å²) in [6.45, 7) is 4.92. The van der Waals surface area contributed by atoms with E-state index in [1.807, 2.05) is 0 Å². The number of rotatable bonds is 3. The lowest BCUT2D eigenvalue weighted by Crippen LogP contribution is -2.49. The van der Waals surface area contributed by atoms with E-state index in [4.69, 9.17) is 0 Å². The van der Waals surface area contributed by atoms with E-state index in [1.54, 1.807) is 5.19 Å². The maximum Gasteiger partial charge on any atom is 0.113 e. The van der Waals surface area contributed by atoms with Crippen molar-refractivity contribution in [2.24, 2.45) is 0 Å². The van der Waals surface area contributed by atoms with E-state index in [1.165, 1.54) is 38.2 Å². The topological polar surface area (TPSA) is 12.0 Å². The Morgan fingerprint density at radius 3 is 2.12 bits per heavy atom. The molecule has 0 amide bonds. The van der Waals surface area contributed by atoms with Crippen LogP contribution < -0.4 is 15.7 Å². The van der Waals surface area contributed by atoms with E-state index in [9.17, 15) is 0 Å². The van der Waals surface area contributed by atoms with Gasteiger partial charge in [-0.15, -0.1) is 0 Å². The minimum Gasteiger partial charge on any atom is -0.356 e. The van der Waals surface area contributed by atoms with Crippen molar-refractivity contribution in [1.29, 1.82) is 0 Å². The van der Waals surface area contributed by atoms with Crippen LogP contribution in [0.1, 0.15) is 0 Å². The van der Waals surface area contributed by atoms with Crippen molar-refractivity contribution in [3.63, 3.8) is 0 Å². The van der Waals surface area contributed by atoms with Crippen molar-refractivity contribution in [3.05, 3.63) is 109 Å². The highest BCUT2D eigenvalue weighted by Crippen LogP contribution is 2.31. The molecule has 1 aliphatic rings. The fraction of sp³-hybridized carbons (Fsp3) is 0.0667. The maximum atomic E-state index is 3.67. The van der Waals surface area contributed by atoms with E-state index >= 15 is 0 Å². The minimum absolute atomic E-state index is 1.12. The normalized spacial score (nSPS) is 13.6. The summed E-state index contributed by atoms with van der Waals surface area (Å²) < 4.78 is 0. The summed E-state index contributed by atoms with van der Waals surface area (Å²) in [4.78, 5) is 0. The van der Waals surface area contributed by atoms with Crippen LogP contribution in [0.4, 0.5) is 11.4 Å². The summed E-state index contributed by atoms with van der Waals surface area (Å²) in [7, 11) is -1.66. The van der Waals surface area contributed by atoms with Crippen molar-refractivity contribution in [3.8, 4) is 22.3 Å². The molecular weight excluding hydrogens is 402 g/mol. The predicted octanol–water partition coefficient (Wildman–Crippen LogP) is 7.05. The van der Waals surface area contributed by atoms with E-state index in [2.05, 4.69) is 128 Å². The Kier molecular flexibility index (Phi) is 4.31. The lowest BCUT2D eigenvalue weighted by Gasteiger charge is -2.19. The smallest absolute Gasteiger partial charge is 0.113 e. The molecule has 1 heterocycles. The second-order valence-corrected chi connectivity index (χ2v) is 13.5. The summed E-state index contributed by atoms with van der Waals surface area (Å²) in [5.74, 6) is 0. The number of hydrogen-bond acceptors (Lipinski definition) is 1. The molecular formula is C30H25NSi. The van der Waals surface area contributed by atoms with Crippen LogP contribution in [0.15, 0.2) is 109 Å². The highest BCUT2D eigenvalue weighted by molar-refractivity contribution is 7.03. The number of nitrogens with one attached hydrogen (secondary N) is 1. The molecule has 1 aliphatic heterocycles. The molecule has 0 fully saturated rings. The number of anilines is 2. The van der Waals surface area contributed by atoms with Gasteiger partial charge in [-0.25, -0.2) is 0 Å². The molecule has 0 radical (unpaired) electrons. The van der Waals surface area contributed by atoms with Gasteiger partial charge in [-0.2, -0.15) is 0 Å². The van der Waals surface area contributed by atoms with Gasteiger partial charge in [0.1, 0.15) is 8.07 Å². The van der Waals surface area contributed by atoms with Gasteiger partial charge in [-0.3, -0.25) is 0 Å². The number of benzene rings is 5. The third kappa shape index (κ3) is 3.07. The van der Waals surface area contributed by atoms with Crippen LogP contribution in [-0.4, -0.2) is 8.07 Å². The van der Waals surface area contributed by atoms with Gasteiger partial charge in [0.05, 0.1) is 0 Å². The quantitative estimate of drug-likeness (QED) is 0.304. The largest absolute Gasteiger partial charge is 0.356 e. The summed E-state index contributed by atoms with van der Waals surface area (Å²) in [6.07, 6.45) is 0. The molecule has 5 aromatic carbocycles. The molecule has 154 valence electrons. The monoisotopic (exact) mass is 427 g/mol. The van der Waals surface area contributed by atoms with Crippen molar-refractivity contribution in [1.82, 2.24) is 0 Å². The fourth-order valence-electron chi connectivity index (χ4n) is 5.09. The van der Waals surface area contributed by atoms with Crippen LogP contribution in [0.25, 0.3) is 33.0 Å². The third-order valence-electron chi connectivity index (χ3n) is 6.82. The van der Waals surface area contributed by atoms with Crippen molar-refractivity contribution >= 4 is 40.6 Å². The van der Waals surface area contributed by atoms with Crippen LogP contribution in [0, 0.1) is 0 Å². The van der Waals surface area contributed by atoms with Crippen LogP contribution in [0.5, 0.6) is 0 Å². The Bertz CT molecular complexity index is 1480. The molecule has 2 heteroatoms. The Labute approximate surface area is 190 Å². The van der Waals surface area contributed by atoms with Crippen molar-refractivity contribution in [2.75, 3.05) is 5.32 Å². The Morgan fingerprint density at radius 1 is 0.500 bits per heavy atom. The second kappa shape index (κ2) is 7.22. The summed E-state index contributed by atoms with van der Waals surface area (Å²) >= 11 is 0. The molecule has 1 N–H and O–H groups in total. The van der Waals surface area contributed by atoms with Crippen molar-refractivity contribution in [2.45, 2.75) is 13.1 Å². The average molecular weight is 428 g/mol. The lowest BCUT2D eigenvalue weighted by molar-refractivity contribution is 1.55. The standard InChI is InChI=1S/C30H25NSi/c1-32(2)29-13-6-5-12-27(29)28-17-16-26(20-30(28)32)31-25-11-7-10-23(19-25)24-15-14-21-8-3-4-9-22(21)18-24/h3-20,31H,1-2H3. The van der Waals surface area contributed by atoms with Crippen molar-refractivity contribution < 1.29 is 0 Å². The van der Waals surface area contributed by atoms with Gasteiger partial charge in [0.15, 0.2) is 0 Å². The zero-order chi connectivity index (χ0) is 21.7. The molecule has 0 unspecified atom stereocenters. The Balaban J connectivity index is 1.34. The Hall–Kier alpha value is -3.62. The van der Waals surface area contributed by atoms with Crippen LogP contribution in [0.3, 0.4) is 0 Å². The minimum atomic E-state index is -1.66. The van der Waals surface area contributed by atoms with Gasteiger partial charge in [0, 0.05) is 11.4 Å². The molecule has 0 aliphatic carbocycles. The lowest BCUT2D eigenvalue weighted by atomic mass is 10.0. The highest BCUT2D eigenvalue weighted by Gasteiger charge is 2.37. The summed E-state index contributed by atoms with van der Waals surface area (Å²) in [6, 6.07) is 39.7. The third-order valence-corrected chi connectivity index (χ3v) is 10.4. The molecule has 1 nitrogen and oxygen atoms in total. The first kappa shape index (κ1) is 19.1. The van der Waals surface area contributed by atoms with E-state index < -0.39 is 8.07 Å². The highest BCUT2D eigenvalue weighted by atomic mass is 28.3. The number of hydrogen-bond donors (Lipinski definition) is 1. The molecule has 0 aromatic heterocycles. The van der Waals surface area contributed by atoms with Crippen LogP contribution in [0.2, 0.25) is 13.1 Å². The molecule has 0 spiro atoms. The van der Waals surface area contributed by atoms with Gasteiger partial charge in [0.2, 0.25) is 0 Å². The summed E-state index contributed by atoms with van der Waals surface area (Å²) in [5.41, 5.74) is 7.57. The Morgan fingerprint density at radius 2 is 1.22 bits per heavy atom. The van der Waals surface area contributed by atoms with Crippen LogP contribution >= 0.6 is 0 Å². The molecule has 0 saturated carbocycles. The molecule has 0 bridgehead atoms. The molecule has 0 saturated heterocycles. The van der Waals surface area contributed by atoms with E-state index in [0.29, 0.717) is 0 Å². The first-order chi connectivity index (χ1) is 15.6. The first-order valence-electron chi connectivity index (χ1n) is 11.2. The van der Waals surface area contributed by atoms with E-state index in [-0.39, 0.29) is 0 Å². The van der Waals surface area contributed by atoms with E-state index in [0.717, 1.165) is 11.4 Å². The van der Waals surface area contributed by atoms with Crippen LogP contribution in [-0.2, 0) is 0 Å². The maximum absolute atomic E-state index is 3.67. The molecule has 32 heavy (non-hydrogen) atoms. The van der Waals surface area contributed by atoms with Gasteiger partial charge >= 0.3 is 0 Å². The SMILES string of the molecule is C[Si]1(C)c2ccccc2-c2ccc(Nc3cccc(-c4ccc5ccccc5c4)c3)cc21. The first-order valence-corrected chi connectivity index (χ1v) is 14.2.